The van der Waals surface area contributed by atoms with Gasteiger partial charge in [0, 0.05) is 37.2 Å². The van der Waals surface area contributed by atoms with Crippen molar-refractivity contribution in [1.29, 1.82) is 0 Å². The average molecular weight is 386 g/mol. The van der Waals surface area contributed by atoms with E-state index in [9.17, 15) is 4.79 Å². The van der Waals surface area contributed by atoms with Gasteiger partial charge in [0.05, 0.1) is 12.3 Å². The van der Waals surface area contributed by atoms with E-state index in [2.05, 4.69) is 10.2 Å². The van der Waals surface area contributed by atoms with Crippen molar-refractivity contribution >= 4 is 23.7 Å². The summed E-state index contributed by atoms with van der Waals surface area (Å²) in [7, 11) is 0. The van der Waals surface area contributed by atoms with Crippen LogP contribution in [0.4, 0.5) is 0 Å². The van der Waals surface area contributed by atoms with Gasteiger partial charge in [-0.15, -0.1) is 0 Å². The van der Waals surface area contributed by atoms with Crippen molar-refractivity contribution in [2.24, 2.45) is 0 Å². The number of ether oxygens (including phenoxy) is 2. The Balaban J connectivity index is 1.36. The monoisotopic (exact) mass is 386 g/mol. The number of benzene rings is 1. The molecule has 1 aromatic carbocycles. The number of nitrogens with one attached hydrogen (secondary N) is 1. The molecule has 2 aliphatic heterocycles. The number of rotatable bonds is 6. The molecule has 0 bridgehead atoms. The van der Waals surface area contributed by atoms with Gasteiger partial charge in [-0.3, -0.25) is 9.69 Å². The van der Waals surface area contributed by atoms with E-state index in [1.54, 1.807) is 18.4 Å². The number of carbonyl (C=O) groups excluding carboxylic acids is 1. The molecule has 1 saturated heterocycles. The lowest BCUT2D eigenvalue weighted by molar-refractivity contribution is -0.116. The van der Waals surface area contributed by atoms with Crippen LogP contribution < -0.4 is 14.8 Å². The van der Waals surface area contributed by atoms with Crippen molar-refractivity contribution in [3.05, 3.63) is 54.0 Å². The summed E-state index contributed by atoms with van der Waals surface area (Å²) in [6.45, 7) is 2.76. The topological polar surface area (TPSA) is 63.9 Å². The van der Waals surface area contributed by atoms with Gasteiger partial charge in [-0.05, 0) is 35.9 Å². The number of nitrogens with zero attached hydrogens (tertiary/aromatic N) is 1. The lowest BCUT2D eigenvalue weighted by Gasteiger charge is -2.33. The van der Waals surface area contributed by atoms with Crippen LogP contribution in [0, 0.1) is 0 Å². The molecule has 1 aromatic heterocycles. The number of carbonyl (C=O) groups is 1. The van der Waals surface area contributed by atoms with Crippen molar-refractivity contribution in [3.63, 3.8) is 0 Å². The van der Waals surface area contributed by atoms with Crippen LogP contribution in [0.1, 0.15) is 17.4 Å². The van der Waals surface area contributed by atoms with Gasteiger partial charge in [0.25, 0.3) is 0 Å². The summed E-state index contributed by atoms with van der Waals surface area (Å²) < 4.78 is 16.3. The van der Waals surface area contributed by atoms with Crippen molar-refractivity contribution in [2.45, 2.75) is 6.04 Å². The van der Waals surface area contributed by atoms with Crippen LogP contribution in [0.25, 0.3) is 6.08 Å². The second kappa shape index (κ2) is 8.54. The maximum absolute atomic E-state index is 12.3. The smallest absolute Gasteiger partial charge is 0.244 e. The molecule has 1 atom stereocenters. The van der Waals surface area contributed by atoms with E-state index in [-0.39, 0.29) is 18.7 Å². The third kappa shape index (κ3) is 4.48. The summed E-state index contributed by atoms with van der Waals surface area (Å²) in [6, 6.07) is 9.53. The lowest BCUT2D eigenvalue weighted by Crippen LogP contribution is -2.41. The van der Waals surface area contributed by atoms with Crippen LogP contribution in [0.3, 0.4) is 0 Å². The average Bonchev–Trinajstić information content (AvgIpc) is 3.39. The van der Waals surface area contributed by atoms with E-state index in [1.807, 2.05) is 42.1 Å². The molecule has 1 amide bonds. The normalized spacial score (nSPS) is 17.9. The SMILES string of the molecule is O=C(C=Cc1ccc2c(c1)OCO2)NCC(c1ccco1)N1CCSCC1. The molecule has 1 N–H and O–H groups in total. The Hall–Kier alpha value is -2.38. The number of thioether (sulfide) groups is 1. The molecule has 6 nitrogen and oxygen atoms in total. The molecule has 4 rings (SSSR count). The number of amides is 1. The number of fused-ring (bicyclic) bond motifs is 1. The first-order valence-electron chi connectivity index (χ1n) is 9.00. The van der Waals surface area contributed by atoms with Gasteiger partial charge < -0.3 is 19.2 Å². The Labute approximate surface area is 162 Å². The summed E-state index contributed by atoms with van der Waals surface area (Å²) in [4.78, 5) is 14.7. The Morgan fingerprint density at radius 3 is 2.89 bits per heavy atom. The molecule has 0 radical (unpaired) electrons. The zero-order valence-corrected chi connectivity index (χ0v) is 15.7. The van der Waals surface area contributed by atoms with Gasteiger partial charge in [-0.1, -0.05) is 6.07 Å². The van der Waals surface area contributed by atoms with Crippen LogP contribution in [0.15, 0.2) is 47.1 Å². The van der Waals surface area contributed by atoms with Gasteiger partial charge in [0.15, 0.2) is 11.5 Å². The number of hydrogen-bond acceptors (Lipinski definition) is 6. The fourth-order valence-corrected chi connectivity index (χ4v) is 4.16. The molecular weight excluding hydrogens is 364 g/mol. The maximum atomic E-state index is 12.3. The van der Waals surface area contributed by atoms with Gasteiger partial charge >= 0.3 is 0 Å². The highest BCUT2D eigenvalue weighted by atomic mass is 32.2. The molecule has 1 unspecified atom stereocenters. The highest BCUT2D eigenvalue weighted by Crippen LogP contribution is 2.32. The summed E-state index contributed by atoms with van der Waals surface area (Å²) in [6.07, 6.45) is 5.00. The van der Waals surface area contributed by atoms with Crippen LogP contribution in [-0.2, 0) is 4.79 Å². The highest BCUT2D eigenvalue weighted by molar-refractivity contribution is 7.99. The minimum Gasteiger partial charge on any atom is -0.468 e. The molecule has 0 spiro atoms. The van der Waals surface area contributed by atoms with Crippen LogP contribution >= 0.6 is 11.8 Å². The molecule has 7 heteroatoms. The largest absolute Gasteiger partial charge is 0.468 e. The summed E-state index contributed by atoms with van der Waals surface area (Å²) in [5.74, 6) is 4.42. The van der Waals surface area contributed by atoms with Crippen molar-refractivity contribution in [2.75, 3.05) is 37.9 Å². The molecule has 1 fully saturated rings. The molecule has 27 heavy (non-hydrogen) atoms. The molecular formula is C20H22N2O4S. The Bertz CT molecular complexity index is 800. The first-order chi connectivity index (χ1) is 13.3. The van der Waals surface area contributed by atoms with Crippen molar-refractivity contribution in [3.8, 4) is 11.5 Å². The van der Waals surface area contributed by atoms with Gasteiger partial charge in [0.1, 0.15) is 5.76 Å². The summed E-state index contributed by atoms with van der Waals surface area (Å²) in [5, 5.41) is 3.00. The van der Waals surface area contributed by atoms with E-state index in [0.717, 1.165) is 41.7 Å². The molecule has 2 aliphatic rings. The maximum Gasteiger partial charge on any atom is 0.244 e. The predicted octanol–water partition coefficient (Wildman–Crippen LogP) is 2.93. The first-order valence-corrected chi connectivity index (χ1v) is 10.2. The molecule has 2 aromatic rings. The zero-order valence-electron chi connectivity index (χ0n) is 14.9. The third-order valence-electron chi connectivity index (χ3n) is 4.65. The molecule has 0 saturated carbocycles. The number of furan rings is 1. The second-order valence-corrected chi connectivity index (χ2v) is 7.60. The minimum atomic E-state index is -0.129. The van der Waals surface area contributed by atoms with E-state index in [1.165, 1.54) is 0 Å². The fourth-order valence-electron chi connectivity index (χ4n) is 3.22. The van der Waals surface area contributed by atoms with E-state index in [4.69, 9.17) is 13.9 Å². The minimum absolute atomic E-state index is 0.0591. The van der Waals surface area contributed by atoms with Crippen molar-refractivity contribution in [1.82, 2.24) is 10.2 Å². The van der Waals surface area contributed by atoms with Crippen LogP contribution in [0.5, 0.6) is 11.5 Å². The van der Waals surface area contributed by atoms with E-state index >= 15 is 0 Å². The van der Waals surface area contributed by atoms with E-state index < -0.39 is 0 Å². The third-order valence-corrected chi connectivity index (χ3v) is 5.59. The van der Waals surface area contributed by atoms with Crippen LogP contribution in [-0.4, -0.2) is 48.7 Å². The summed E-state index contributed by atoms with van der Waals surface area (Å²) >= 11 is 1.96. The highest BCUT2D eigenvalue weighted by Gasteiger charge is 2.24. The number of hydrogen-bond donors (Lipinski definition) is 1. The summed E-state index contributed by atoms with van der Waals surface area (Å²) in [5.41, 5.74) is 0.894. The Morgan fingerprint density at radius 1 is 1.22 bits per heavy atom. The van der Waals surface area contributed by atoms with Crippen molar-refractivity contribution < 1.29 is 18.7 Å². The Kier molecular flexibility index (Phi) is 5.69. The molecule has 0 aliphatic carbocycles. The van der Waals surface area contributed by atoms with Gasteiger partial charge in [0.2, 0.25) is 12.7 Å². The molecule has 142 valence electrons. The zero-order chi connectivity index (χ0) is 18.5. The van der Waals surface area contributed by atoms with Crippen LogP contribution in [0.2, 0.25) is 0 Å². The molecule has 3 heterocycles. The second-order valence-electron chi connectivity index (χ2n) is 6.37. The van der Waals surface area contributed by atoms with Gasteiger partial charge in [-0.25, -0.2) is 0 Å². The first kappa shape index (κ1) is 18.0. The van der Waals surface area contributed by atoms with E-state index in [0.29, 0.717) is 12.3 Å². The standard InChI is InChI=1S/C20H22N2O4S/c23-20(6-4-15-3-5-18-19(12-15)26-14-25-18)21-13-16(17-2-1-9-24-17)22-7-10-27-11-8-22/h1-6,9,12,16H,7-8,10-11,13-14H2,(H,21,23). The fraction of sp³-hybridized carbons (Fsp3) is 0.350. The quantitative estimate of drug-likeness (QED) is 0.770. The Morgan fingerprint density at radius 2 is 2.07 bits per heavy atom. The predicted molar refractivity (Wildman–Crippen MR) is 105 cm³/mol. The van der Waals surface area contributed by atoms with Gasteiger partial charge in [-0.2, -0.15) is 11.8 Å². The lowest BCUT2D eigenvalue weighted by atomic mass is 10.1.